The molecule has 0 radical (unpaired) electrons. The van der Waals surface area contributed by atoms with Crippen molar-refractivity contribution in [1.82, 2.24) is 9.97 Å². The van der Waals surface area contributed by atoms with E-state index in [9.17, 15) is 0 Å². The maximum atomic E-state index is 6.09. The molecule has 7 heteroatoms. The molecule has 0 aliphatic heterocycles. The largest absolute Gasteiger partial charge is 0.497 e. The summed E-state index contributed by atoms with van der Waals surface area (Å²) < 4.78 is 10.2. The molecular weight excluding hydrogens is 268 g/mol. The van der Waals surface area contributed by atoms with Crippen molar-refractivity contribution in [2.75, 3.05) is 25.3 Å². The van der Waals surface area contributed by atoms with Crippen LogP contribution in [0.3, 0.4) is 0 Å². The van der Waals surface area contributed by atoms with Gasteiger partial charge in [0.25, 0.3) is 0 Å². The standard InChI is InChI=1S/C12H13ClN4O2/c1-18-7-3-4-8(13)9(5-7)15-10-6-11(19-2)17-12(14)16-10/h3-6H,1-2H3,(H3,14,15,16,17). The first-order valence-electron chi connectivity index (χ1n) is 5.41. The quantitative estimate of drug-likeness (QED) is 0.895. The van der Waals surface area contributed by atoms with Crippen LogP contribution in [-0.2, 0) is 0 Å². The number of methoxy groups -OCH3 is 2. The lowest BCUT2D eigenvalue weighted by Gasteiger charge is -2.10. The van der Waals surface area contributed by atoms with Crippen molar-refractivity contribution < 1.29 is 9.47 Å². The number of aromatic nitrogens is 2. The first kappa shape index (κ1) is 13.2. The Hall–Kier alpha value is -2.21. The maximum Gasteiger partial charge on any atom is 0.225 e. The second kappa shape index (κ2) is 5.62. The Morgan fingerprint density at radius 3 is 2.63 bits per heavy atom. The molecular formula is C12H13ClN4O2. The molecule has 2 aromatic rings. The fourth-order valence-corrected chi connectivity index (χ4v) is 1.64. The molecule has 0 aliphatic rings. The lowest BCUT2D eigenvalue weighted by atomic mass is 10.3. The van der Waals surface area contributed by atoms with E-state index in [-0.39, 0.29) is 5.95 Å². The Balaban J connectivity index is 2.32. The van der Waals surface area contributed by atoms with Gasteiger partial charge in [0.05, 0.1) is 24.9 Å². The van der Waals surface area contributed by atoms with Crippen molar-refractivity contribution in [3.05, 3.63) is 29.3 Å². The summed E-state index contributed by atoms with van der Waals surface area (Å²) in [5, 5.41) is 3.58. The van der Waals surface area contributed by atoms with Gasteiger partial charge in [-0.3, -0.25) is 0 Å². The van der Waals surface area contributed by atoms with E-state index in [1.54, 1.807) is 31.4 Å². The minimum Gasteiger partial charge on any atom is -0.497 e. The predicted molar refractivity (Wildman–Crippen MR) is 74.3 cm³/mol. The summed E-state index contributed by atoms with van der Waals surface area (Å²) in [7, 11) is 3.09. The Kier molecular flexibility index (Phi) is 3.91. The van der Waals surface area contributed by atoms with Crippen molar-refractivity contribution in [2.45, 2.75) is 0 Å². The van der Waals surface area contributed by atoms with Crippen LogP contribution in [0.25, 0.3) is 0 Å². The van der Waals surface area contributed by atoms with Crippen LogP contribution in [0.4, 0.5) is 17.5 Å². The summed E-state index contributed by atoms with van der Waals surface area (Å²) in [6.45, 7) is 0. The third kappa shape index (κ3) is 3.17. The molecule has 6 nitrogen and oxygen atoms in total. The van der Waals surface area contributed by atoms with Gasteiger partial charge in [-0.15, -0.1) is 0 Å². The second-order valence-corrected chi connectivity index (χ2v) is 4.03. The number of benzene rings is 1. The van der Waals surface area contributed by atoms with Gasteiger partial charge >= 0.3 is 0 Å². The number of anilines is 3. The van der Waals surface area contributed by atoms with Crippen molar-refractivity contribution in [2.24, 2.45) is 0 Å². The van der Waals surface area contributed by atoms with Gasteiger partial charge in [-0.2, -0.15) is 9.97 Å². The Morgan fingerprint density at radius 1 is 1.16 bits per heavy atom. The summed E-state index contributed by atoms with van der Waals surface area (Å²) in [5.74, 6) is 1.65. The molecule has 1 aromatic heterocycles. The summed E-state index contributed by atoms with van der Waals surface area (Å²) >= 11 is 6.09. The van der Waals surface area contributed by atoms with Crippen molar-refractivity contribution in [1.29, 1.82) is 0 Å². The molecule has 0 bridgehead atoms. The minimum atomic E-state index is 0.112. The highest BCUT2D eigenvalue weighted by molar-refractivity contribution is 6.33. The average molecular weight is 281 g/mol. The monoisotopic (exact) mass is 280 g/mol. The van der Waals surface area contributed by atoms with Gasteiger partial charge < -0.3 is 20.5 Å². The molecule has 0 unspecified atom stereocenters. The summed E-state index contributed by atoms with van der Waals surface area (Å²) in [4.78, 5) is 7.95. The van der Waals surface area contributed by atoms with Gasteiger partial charge in [-0.05, 0) is 12.1 Å². The highest BCUT2D eigenvalue weighted by atomic mass is 35.5. The van der Waals surface area contributed by atoms with E-state index < -0.39 is 0 Å². The third-order valence-electron chi connectivity index (χ3n) is 2.37. The van der Waals surface area contributed by atoms with Crippen LogP contribution in [0.15, 0.2) is 24.3 Å². The van der Waals surface area contributed by atoms with Crippen molar-refractivity contribution in [3.63, 3.8) is 0 Å². The number of hydrogen-bond acceptors (Lipinski definition) is 6. The van der Waals surface area contributed by atoms with Crippen molar-refractivity contribution in [3.8, 4) is 11.6 Å². The first-order chi connectivity index (χ1) is 9.12. The topological polar surface area (TPSA) is 82.3 Å². The fraction of sp³-hybridized carbons (Fsp3) is 0.167. The highest BCUT2D eigenvalue weighted by Crippen LogP contribution is 2.29. The van der Waals surface area contributed by atoms with Crippen LogP contribution in [0.1, 0.15) is 0 Å². The van der Waals surface area contributed by atoms with E-state index >= 15 is 0 Å². The van der Waals surface area contributed by atoms with Gasteiger partial charge in [-0.1, -0.05) is 11.6 Å². The van der Waals surface area contributed by atoms with Crippen LogP contribution in [0, 0.1) is 0 Å². The molecule has 1 heterocycles. The molecule has 3 N–H and O–H groups in total. The van der Waals surface area contributed by atoms with E-state index in [1.165, 1.54) is 7.11 Å². The molecule has 0 spiro atoms. The normalized spacial score (nSPS) is 10.1. The summed E-state index contributed by atoms with van der Waals surface area (Å²) in [6, 6.07) is 6.87. The summed E-state index contributed by atoms with van der Waals surface area (Å²) in [6.07, 6.45) is 0. The average Bonchev–Trinajstić information content (AvgIpc) is 2.40. The SMILES string of the molecule is COc1ccc(Cl)c(Nc2cc(OC)nc(N)n2)c1. The van der Waals surface area contributed by atoms with Crippen LogP contribution in [0.2, 0.25) is 5.02 Å². The molecule has 0 saturated carbocycles. The van der Waals surface area contributed by atoms with Crippen LogP contribution < -0.4 is 20.5 Å². The zero-order valence-corrected chi connectivity index (χ0v) is 11.2. The zero-order chi connectivity index (χ0) is 13.8. The lowest BCUT2D eigenvalue weighted by Crippen LogP contribution is -2.02. The summed E-state index contributed by atoms with van der Waals surface area (Å²) in [5.41, 5.74) is 6.24. The molecule has 100 valence electrons. The van der Waals surface area contributed by atoms with Gasteiger partial charge in [0.2, 0.25) is 11.8 Å². The number of ether oxygens (including phenoxy) is 2. The van der Waals surface area contributed by atoms with E-state index in [2.05, 4.69) is 15.3 Å². The number of nitrogens with two attached hydrogens (primary N) is 1. The van der Waals surface area contributed by atoms with Gasteiger partial charge in [0.1, 0.15) is 11.6 Å². The van der Waals surface area contributed by atoms with E-state index in [0.29, 0.717) is 28.2 Å². The van der Waals surface area contributed by atoms with E-state index in [1.807, 2.05) is 0 Å². The Morgan fingerprint density at radius 2 is 1.95 bits per heavy atom. The number of nitrogens with zero attached hydrogens (tertiary/aromatic N) is 2. The second-order valence-electron chi connectivity index (χ2n) is 3.62. The van der Waals surface area contributed by atoms with Crippen LogP contribution >= 0.6 is 11.6 Å². The molecule has 0 aliphatic carbocycles. The number of hydrogen-bond donors (Lipinski definition) is 2. The Labute approximate surface area is 115 Å². The number of nitrogens with one attached hydrogen (secondary N) is 1. The molecule has 1 aromatic carbocycles. The maximum absolute atomic E-state index is 6.09. The smallest absolute Gasteiger partial charge is 0.225 e. The van der Waals surface area contributed by atoms with Crippen LogP contribution in [0.5, 0.6) is 11.6 Å². The minimum absolute atomic E-state index is 0.112. The van der Waals surface area contributed by atoms with Crippen LogP contribution in [-0.4, -0.2) is 24.2 Å². The Bertz CT molecular complexity index is 592. The van der Waals surface area contributed by atoms with Gasteiger partial charge in [0.15, 0.2) is 0 Å². The molecule has 2 rings (SSSR count). The lowest BCUT2D eigenvalue weighted by molar-refractivity contribution is 0.398. The first-order valence-corrected chi connectivity index (χ1v) is 5.79. The van der Waals surface area contributed by atoms with Gasteiger partial charge in [-0.25, -0.2) is 0 Å². The molecule has 0 atom stereocenters. The van der Waals surface area contributed by atoms with Crippen molar-refractivity contribution >= 4 is 29.1 Å². The highest BCUT2D eigenvalue weighted by Gasteiger charge is 2.06. The van der Waals surface area contributed by atoms with Gasteiger partial charge in [0, 0.05) is 12.1 Å². The molecule has 19 heavy (non-hydrogen) atoms. The third-order valence-corrected chi connectivity index (χ3v) is 2.69. The fourth-order valence-electron chi connectivity index (χ4n) is 1.48. The van der Waals surface area contributed by atoms with E-state index in [4.69, 9.17) is 26.8 Å². The molecule has 0 amide bonds. The number of halogens is 1. The molecule has 0 fully saturated rings. The molecule has 0 saturated heterocycles. The number of nitrogen functional groups attached to an aromatic ring is 1. The van der Waals surface area contributed by atoms with E-state index in [0.717, 1.165) is 0 Å². The number of rotatable bonds is 4. The zero-order valence-electron chi connectivity index (χ0n) is 10.5. The predicted octanol–water partition coefficient (Wildman–Crippen LogP) is 2.47.